The van der Waals surface area contributed by atoms with Gasteiger partial charge in [-0.1, -0.05) is 63.4 Å². The molecule has 11 nitrogen and oxygen atoms in total. The second-order valence-corrected chi connectivity index (χ2v) is 10.2. The molecular formula is C33H41N3O8. The fraction of sp³-hybridized carbons (Fsp3) is 0.394. The van der Waals surface area contributed by atoms with Crippen LogP contribution in [0.15, 0.2) is 65.1 Å². The number of unbranched alkanes of at least 4 members (excludes halogenated alkanes) is 2. The van der Waals surface area contributed by atoms with E-state index in [1.54, 1.807) is 19.1 Å². The van der Waals surface area contributed by atoms with Crippen LogP contribution in [-0.2, 0) is 21.0 Å². The van der Waals surface area contributed by atoms with Gasteiger partial charge in [-0.3, -0.25) is 19.2 Å². The minimum atomic E-state index is -1.12. The average Bonchev–Trinajstić information content (AvgIpc) is 3.53. The molecule has 0 aliphatic rings. The van der Waals surface area contributed by atoms with E-state index in [-0.39, 0.29) is 36.3 Å². The number of carbonyl (C=O) groups is 4. The predicted octanol–water partition coefficient (Wildman–Crippen LogP) is 5.41. The van der Waals surface area contributed by atoms with Crippen molar-refractivity contribution in [2.45, 2.75) is 65.5 Å². The van der Waals surface area contributed by atoms with Crippen molar-refractivity contribution in [3.63, 3.8) is 0 Å². The normalized spacial score (nSPS) is 12.2. The Labute approximate surface area is 257 Å². The Balaban J connectivity index is 1.64. The lowest BCUT2D eigenvalue weighted by atomic mass is 9.90. The Kier molecular flexibility index (Phi) is 13.4. The largest absolute Gasteiger partial charge is 0.494 e. The van der Waals surface area contributed by atoms with Gasteiger partial charge in [-0.05, 0) is 55.7 Å². The predicted molar refractivity (Wildman–Crippen MR) is 164 cm³/mol. The lowest BCUT2D eigenvalue weighted by molar-refractivity contribution is -0.200. The number of carboxylic acid groups (broad SMARTS) is 1. The summed E-state index contributed by atoms with van der Waals surface area (Å²) in [6, 6.07) is 16.5. The van der Waals surface area contributed by atoms with Gasteiger partial charge in [0, 0.05) is 5.56 Å². The van der Waals surface area contributed by atoms with Gasteiger partial charge in [0.2, 0.25) is 12.3 Å². The van der Waals surface area contributed by atoms with E-state index in [2.05, 4.69) is 17.6 Å². The van der Waals surface area contributed by atoms with E-state index in [9.17, 15) is 24.3 Å². The van der Waals surface area contributed by atoms with E-state index in [1.165, 1.54) is 23.3 Å². The number of hydrogen-bond acceptors (Lipinski definition) is 7. The van der Waals surface area contributed by atoms with E-state index in [0.29, 0.717) is 37.2 Å². The Hall–Kier alpha value is -4.64. The molecule has 0 saturated carbocycles. The molecule has 11 heteroatoms. The quantitative estimate of drug-likeness (QED) is 0.0709. The molecule has 0 bridgehead atoms. The van der Waals surface area contributed by atoms with Crippen molar-refractivity contribution in [3.05, 3.63) is 77.6 Å². The Bertz CT molecular complexity index is 1370. The fourth-order valence-corrected chi connectivity index (χ4v) is 4.84. The molecule has 1 heterocycles. The first kappa shape index (κ1) is 33.9. The van der Waals surface area contributed by atoms with E-state index in [1.807, 2.05) is 37.3 Å². The Morgan fingerprint density at radius 2 is 1.77 bits per heavy atom. The highest BCUT2D eigenvalue weighted by atomic mass is 16.7. The number of benzene rings is 2. The average molecular weight is 608 g/mol. The van der Waals surface area contributed by atoms with Gasteiger partial charge in [0.05, 0.1) is 30.8 Å². The second-order valence-electron chi connectivity index (χ2n) is 10.2. The molecular weight excluding hydrogens is 566 g/mol. The number of carbonyl (C=O) groups excluding carboxylic acids is 3. The number of amides is 3. The van der Waals surface area contributed by atoms with Gasteiger partial charge in [0.25, 0.3) is 5.91 Å². The minimum Gasteiger partial charge on any atom is -0.494 e. The highest BCUT2D eigenvalue weighted by Gasteiger charge is 2.32. The summed E-state index contributed by atoms with van der Waals surface area (Å²) in [7, 11) is 0. The third-order valence-electron chi connectivity index (χ3n) is 7.08. The summed E-state index contributed by atoms with van der Waals surface area (Å²) in [4.78, 5) is 55.6. The monoisotopic (exact) mass is 607 g/mol. The number of hydrogen-bond donors (Lipinski definition) is 3. The molecule has 236 valence electrons. The first-order chi connectivity index (χ1) is 21.3. The summed E-state index contributed by atoms with van der Waals surface area (Å²) in [6.45, 7) is 6.13. The SMILES string of the molecule is CCCCCC(C(=O)NCNC(=O)c1ccc(-c2cc(OCC)cc(C(=O)O)c2)o1)[C@@H](CC)N(C=O)OCc1ccccc1. The topological polar surface area (TPSA) is 147 Å². The highest BCUT2D eigenvalue weighted by molar-refractivity contribution is 5.93. The number of furan rings is 1. The number of ether oxygens (including phenoxy) is 1. The van der Waals surface area contributed by atoms with Crippen LogP contribution in [-0.4, -0.2) is 53.7 Å². The molecule has 44 heavy (non-hydrogen) atoms. The van der Waals surface area contributed by atoms with E-state index in [4.69, 9.17) is 14.0 Å². The molecule has 3 N–H and O–H groups in total. The van der Waals surface area contributed by atoms with Crippen LogP contribution in [0.5, 0.6) is 5.75 Å². The zero-order valence-corrected chi connectivity index (χ0v) is 25.4. The van der Waals surface area contributed by atoms with Crippen LogP contribution in [0.3, 0.4) is 0 Å². The van der Waals surface area contributed by atoms with Gasteiger partial charge in [0.15, 0.2) is 5.76 Å². The first-order valence-corrected chi connectivity index (χ1v) is 14.9. The summed E-state index contributed by atoms with van der Waals surface area (Å²) >= 11 is 0. The van der Waals surface area contributed by atoms with Crippen molar-refractivity contribution in [2.75, 3.05) is 13.3 Å². The van der Waals surface area contributed by atoms with Crippen molar-refractivity contribution in [3.8, 4) is 17.1 Å². The molecule has 3 rings (SSSR count). The van der Waals surface area contributed by atoms with E-state index in [0.717, 1.165) is 24.8 Å². The number of aromatic carboxylic acids is 1. The van der Waals surface area contributed by atoms with Crippen LogP contribution < -0.4 is 15.4 Å². The van der Waals surface area contributed by atoms with Crippen molar-refractivity contribution >= 4 is 24.2 Å². The maximum absolute atomic E-state index is 13.4. The van der Waals surface area contributed by atoms with Gasteiger partial charge >= 0.3 is 5.97 Å². The molecule has 1 unspecified atom stereocenters. The molecule has 1 aromatic heterocycles. The summed E-state index contributed by atoms with van der Waals surface area (Å²) in [5.41, 5.74) is 1.36. The third-order valence-corrected chi connectivity index (χ3v) is 7.08. The van der Waals surface area contributed by atoms with Crippen LogP contribution in [0.25, 0.3) is 11.3 Å². The summed E-state index contributed by atoms with van der Waals surface area (Å²) in [5, 5.41) is 16.1. The van der Waals surface area contributed by atoms with Gasteiger partial charge in [0.1, 0.15) is 18.1 Å². The molecule has 0 spiro atoms. The van der Waals surface area contributed by atoms with Crippen molar-refractivity contribution in [1.82, 2.24) is 15.7 Å². The lowest BCUT2D eigenvalue weighted by Gasteiger charge is -2.32. The zero-order chi connectivity index (χ0) is 31.9. The molecule has 0 aliphatic carbocycles. The number of carboxylic acids is 1. The van der Waals surface area contributed by atoms with Crippen LogP contribution in [0, 0.1) is 5.92 Å². The maximum atomic E-state index is 13.4. The molecule has 0 fully saturated rings. The Morgan fingerprint density at radius 1 is 1.00 bits per heavy atom. The van der Waals surface area contributed by atoms with Crippen LogP contribution in [0.2, 0.25) is 0 Å². The van der Waals surface area contributed by atoms with Gasteiger partial charge in [-0.25, -0.2) is 9.86 Å². The van der Waals surface area contributed by atoms with Crippen LogP contribution in [0.1, 0.15) is 79.4 Å². The fourth-order valence-electron chi connectivity index (χ4n) is 4.84. The van der Waals surface area contributed by atoms with Crippen molar-refractivity contribution in [1.29, 1.82) is 0 Å². The lowest BCUT2D eigenvalue weighted by Crippen LogP contribution is -2.48. The summed E-state index contributed by atoms with van der Waals surface area (Å²) in [5.74, 6) is -1.91. The molecule has 3 aromatic rings. The molecule has 3 amide bonds. The molecule has 2 aromatic carbocycles. The highest BCUT2D eigenvalue weighted by Crippen LogP contribution is 2.28. The molecule has 0 radical (unpaired) electrons. The summed E-state index contributed by atoms with van der Waals surface area (Å²) in [6.07, 6.45) is 4.36. The standard InChI is InChI=1S/C33H41N3O8/c1-4-7-9-14-27(28(5-2)36(22-37)43-20-23-12-10-8-11-13-23)31(38)34-21-35-32(39)30-16-15-29(44-30)24-17-25(33(40)41)19-26(18-24)42-6-3/h8,10-13,15-19,22,27-28H,4-7,9,14,20-21H2,1-3H3,(H,34,38)(H,35,39)(H,40,41)/t27?,28-/m1/s1. The van der Waals surface area contributed by atoms with Crippen LogP contribution in [0.4, 0.5) is 0 Å². The Morgan fingerprint density at radius 3 is 2.43 bits per heavy atom. The van der Waals surface area contributed by atoms with Gasteiger partial charge in [-0.2, -0.15) is 0 Å². The minimum absolute atomic E-state index is 0.0136. The maximum Gasteiger partial charge on any atom is 0.335 e. The third kappa shape index (κ3) is 9.70. The number of rotatable bonds is 19. The van der Waals surface area contributed by atoms with Crippen LogP contribution >= 0.6 is 0 Å². The smallest absolute Gasteiger partial charge is 0.335 e. The zero-order valence-electron chi connectivity index (χ0n) is 25.4. The van der Waals surface area contributed by atoms with Gasteiger partial charge < -0.3 is 24.9 Å². The second kappa shape index (κ2) is 17.5. The first-order valence-electron chi connectivity index (χ1n) is 14.9. The number of nitrogens with zero attached hydrogens (tertiary/aromatic N) is 1. The number of nitrogens with one attached hydrogen (secondary N) is 2. The molecule has 2 atom stereocenters. The molecule has 0 saturated heterocycles. The molecule has 0 aliphatic heterocycles. The van der Waals surface area contributed by atoms with Gasteiger partial charge in [-0.15, -0.1) is 0 Å². The van der Waals surface area contributed by atoms with E-state index < -0.39 is 23.8 Å². The number of hydroxylamine groups is 2. The van der Waals surface area contributed by atoms with E-state index >= 15 is 0 Å². The van der Waals surface area contributed by atoms with Crippen molar-refractivity contribution < 1.29 is 38.3 Å². The van der Waals surface area contributed by atoms with Crippen molar-refractivity contribution in [2.24, 2.45) is 5.92 Å². The summed E-state index contributed by atoms with van der Waals surface area (Å²) < 4.78 is 11.2.